The Bertz CT molecular complexity index is 1400. The average molecular weight is 517 g/mol. The van der Waals surface area contributed by atoms with Crippen LogP contribution >= 0.6 is 22.9 Å². The number of aliphatic hydroxyl groups excluding tert-OH is 1. The number of Topliss-reactive ketones (excluding diaryl/α,β-unsaturated/α-hetero) is 1. The second-order valence-electron chi connectivity index (χ2n) is 7.44. The summed E-state index contributed by atoms with van der Waals surface area (Å²) in [5, 5.41) is 11.3. The van der Waals surface area contributed by atoms with Crippen LogP contribution in [0.25, 0.3) is 5.76 Å². The van der Waals surface area contributed by atoms with Gasteiger partial charge in [0.2, 0.25) is 0 Å². The Morgan fingerprint density at radius 3 is 2.54 bits per heavy atom. The molecule has 3 aromatic rings. The first-order valence-electron chi connectivity index (χ1n) is 10.1. The highest BCUT2D eigenvalue weighted by atomic mass is 35.5. The third-order valence-electron chi connectivity index (χ3n) is 5.43. The molecule has 0 radical (unpaired) electrons. The number of carbonyl (C=O) groups excluding carboxylic acids is 3. The predicted molar refractivity (Wildman–Crippen MR) is 127 cm³/mol. The second-order valence-corrected chi connectivity index (χ2v) is 8.83. The number of aromatic nitrogens is 1. The van der Waals surface area contributed by atoms with Crippen LogP contribution in [0.15, 0.2) is 48.0 Å². The first-order chi connectivity index (χ1) is 16.7. The SMILES string of the molecule is COC(=O)c1sc(N2C(=O)C(=O)C(=C(O)c3ccc(OC)c(Cl)c3)C2c2ccccc2F)nc1C. The van der Waals surface area contributed by atoms with Crippen LogP contribution in [0.1, 0.15) is 32.5 Å². The number of esters is 1. The molecule has 1 aliphatic rings. The van der Waals surface area contributed by atoms with Crippen molar-refractivity contribution in [2.75, 3.05) is 19.1 Å². The summed E-state index contributed by atoms with van der Waals surface area (Å²) < 4.78 is 24.8. The van der Waals surface area contributed by atoms with Gasteiger partial charge in [0.25, 0.3) is 5.78 Å². The van der Waals surface area contributed by atoms with Gasteiger partial charge in [-0.1, -0.05) is 41.1 Å². The van der Waals surface area contributed by atoms with Gasteiger partial charge in [0.15, 0.2) is 5.13 Å². The molecular weight excluding hydrogens is 499 g/mol. The number of anilines is 1. The largest absolute Gasteiger partial charge is 0.507 e. The minimum Gasteiger partial charge on any atom is -0.507 e. The first-order valence-corrected chi connectivity index (χ1v) is 11.3. The molecule has 0 spiro atoms. The number of thiazole rings is 1. The van der Waals surface area contributed by atoms with Crippen molar-refractivity contribution in [1.82, 2.24) is 4.98 Å². The molecule has 0 saturated carbocycles. The Balaban J connectivity index is 1.95. The molecule has 11 heteroatoms. The summed E-state index contributed by atoms with van der Waals surface area (Å²) in [6.45, 7) is 1.54. The van der Waals surface area contributed by atoms with Gasteiger partial charge in [0.05, 0.1) is 30.5 Å². The van der Waals surface area contributed by atoms with E-state index in [-0.39, 0.29) is 37.4 Å². The van der Waals surface area contributed by atoms with E-state index in [9.17, 15) is 23.9 Å². The topological polar surface area (TPSA) is 106 Å². The minimum absolute atomic E-state index is 0.0231. The van der Waals surface area contributed by atoms with Crippen molar-refractivity contribution < 1.29 is 33.4 Å². The summed E-state index contributed by atoms with van der Waals surface area (Å²) in [5.74, 6) is -3.67. The molecule has 1 fully saturated rings. The first kappa shape index (κ1) is 24.4. The lowest BCUT2D eigenvalue weighted by Gasteiger charge is -2.23. The van der Waals surface area contributed by atoms with Crippen LogP contribution in [0.2, 0.25) is 5.02 Å². The number of rotatable bonds is 5. The van der Waals surface area contributed by atoms with E-state index >= 15 is 0 Å². The predicted octanol–water partition coefficient (Wildman–Crippen LogP) is 4.67. The molecule has 0 bridgehead atoms. The number of aliphatic hydroxyl groups is 1. The minimum atomic E-state index is -1.35. The summed E-state index contributed by atoms with van der Waals surface area (Å²) in [4.78, 5) is 43.8. The van der Waals surface area contributed by atoms with Gasteiger partial charge in [0.1, 0.15) is 28.2 Å². The molecule has 1 saturated heterocycles. The Kier molecular flexibility index (Phi) is 6.60. The second kappa shape index (κ2) is 9.47. The van der Waals surface area contributed by atoms with Gasteiger partial charge in [0, 0.05) is 11.1 Å². The molecule has 4 rings (SSSR count). The Morgan fingerprint density at radius 1 is 1.20 bits per heavy atom. The fourth-order valence-electron chi connectivity index (χ4n) is 3.76. The number of halogens is 2. The van der Waals surface area contributed by atoms with Crippen molar-refractivity contribution in [3.63, 3.8) is 0 Å². The van der Waals surface area contributed by atoms with E-state index < -0.39 is 35.3 Å². The molecule has 0 aliphatic carbocycles. The van der Waals surface area contributed by atoms with Gasteiger partial charge in [-0.15, -0.1) is 0 Å². The molecule has 1 aliphatic heterocycles. The molecule has 2 aromatic carbocycles. The van der Waals surface area contributed by atoms with Crippen molar-refractivity contribution >= 4 is 51.5 Å². The number of amides is 1. The van der Waals surface area contributed by atoms with E-state index in [2.05, 4.69) is 4.98 Å². The molecule has 35 heavy (non-hydrogen) atoms. The summed E-state index contributed by atoms with van der Waals surface area (Å²) in [6, 6.07) is 8.51. The molecule has 1 amide bonds. The maximum absolute atomic E-state index is 15.0. The molecule has 1 unspecified atom stereocenters. The molecule has 8 nitrogen and oxygen atoms in total. The number of hydrogen-bond acceptors (Lipinski definition) is 8. The zero-order valence-electron chi connectivity index (χ0n) is 18.7. The smallest absolute Gasteiger partial charge is 0.350 e. The molecule has 1 N–H and O–H groups in total. The van der Waals surface area contributed by atoms with Crippen LogP contribution in [-0.4, -0.2) is 42.0 Å². The van der Waals surface area contributed by atoms with E-state index in [0.29, 0.717) is 5.75 Å². The molecule has 1 atom stereocenters. The third kappa shape index (κ3) is 4.15. The van der Waals surface area contributed by atoms with Gasteiger partial charge in [-0.05, 0) is 31.2 Å². The van der Waals surface area contributed by atoms with Crippen molar-refractivity contribution in [2.24, 2.45) is 0 Å². The van der Waals surface area contributed by atoms with E-state index in [1.54, 1.807) is 6.92 Å². The molecule has 180 valence electrons. The Labute approximate surface area is 208 Å². The lowest BCUT2D eigenvalue weighted by atomic mass is 9.95. The van der Waals surface area contributed by atoms with Crippen LogP contribution in [0, 0.1) is 12.7 Å². The lowest BCUT2D eigenvalue weighted by Crippen LogP contribution is -2.29. The van der Waals surface area contributed by atoms with Crippen LogP contribution < -0.4 is 9.64 Å². The van der Waals surface area contributed by atoms with Crippen LogP contribution in [0.5, 0.6) is 5.75 Å². The van der Waals surface area contributed by atoms with Crippen LogP contribution in [0.3, 0.4) is 0 Å². The molecule has 2 heterocycles. The fraction of sp³-hybridized carbons (Fsp3) is 0.167. The van der Waals surface area contributed by atoms with Crippen molar-refractivity contribution in [2.45, 2.75) is 13.0 Å². The number of ether oxygens (including phenoxy) is 2. The fourth-order valence-corrected chi connectivity index (χ4v) is 5.03. The van der Waals surface area contributed by atoms with E-state index in [1.807, 2.05) is 0 Å². The van der Waals surface area contributed by atoms with Gasteiger partial charge in [-0.2, -0.15) is 0 Å². The zero-order chi connectivity index (χ0) is 25.4. The number of nitrogens with zero attached hydrogens (tertiary/aromatic N) is 2. The highest BCUT2D eigenvalue weighted by molar-refractivity contribution is 7.17. The molecule has 1 aromatic heterocycles. The van der Waals surface area contributed by atoms with Crippen LogP contribution in [-0.2, 0) is 14.3 Å². The van der Waals surface area contributed by atoms with E-state index in [4.69, 9.17) is 21.1 Å². The highest BCUT2D eigenvalue weighted by Crippen LogP contribution is 2.45. The number of aryl methyl sites for hydroxylation is 1. The monoisotopic (exact) mass is 516 g/mol. The summed E-state index contributed by atoms with van der Waals surface area (Å²) in [5.41, 5.74) is 0.00260. The number of methoxy groups -OCH3 is 2. The maximum atomic E-state index is 15.0. The quantitative estimate of drug-likeness (QED) is 0.227. The Morgan fingerprint density at radius 2 is 1.91 bits per heavy atom. The van der Waals surface area contributed by atoms with Gasteiger partial charge in [-0.3, -0.25) is 14.5 Å². The normalized spacial score (nSPS) is 17.1. The highest BCUT2D eigenvalue weighted by Gasteiger charge is 2.49. The number of benzene rings is 2. The number of hydrogen-bond donors (Lipinski definition) is 1. The van der Waals surface area contributed by atoms with Gasteiger partial charge >= 0.3 is 11.9 Å². The van der Waals surface area contributed by atoms with E-state index in [1.165, 1.54) is 56.7 Å². The number of carbonyl (C=O) groups is 3. The van der Waals surface area contributed by atoms with Crippen molar-refractivity contribution in [3.05, 3.63) is 80.6 Å². The standard InChI is InChI=1S/C24H18ClFN2O6S/c1-11-21(23(32)34-3)35-24(27-11)28-18(13-6-4-5-7-15(13)26)17(20(30)22(28)31)19(29)12-8-9-16(33-2)14(25)10-12/h4-10,18,29H,1-3H3. The lowest BCUT2D eigenvalue weighted by molar-refractivity contribution is -0.132. The molecular formula is C24H18ClFN2O6S. The van der Waals surface area contributed by atoms with Gasteiger partial charge in [-0.25, -0.2) is 14.2 Å². The van der Waals surface area contributed by atoms with Gasteiger partial charge < -0.3 is 14.6 Å². The summed E-state index contributed by atoms with van der Waals surface area (Å²) in [7, 11) is 2.62. The zero-order valence-corrected chi connectivity index (χ0v) is 20.2. The summed E-state index contributed by atoms with van der Waals surface area (Å²) in [6.07, 6.45) is 0. The third-order valence-corrected chi connectivity index (χ3v) is 6.86. The maximum Gasteiger partial charge on any atom is 0.350 e. The van der Waals surface area contributed by atoms with Crippen molar-refractivity contribution in [3.8, 4) is 5.75 Å². The van der Waals surface area contributed by atoms with Crippen molar-refractivity contribution in [1.29, 1.82) is 0 Å². The Hall–Kier alpha value is -3.76. The average Bonchev–Trinajstić information content (AvgIpc) is 3.35. The summed E-state index contributed by atoms with van der Waals surface area (Å²) >= 11 is 7.00. The van der Waals surface area contributed by atoms with E-state index in [0.717, 1.165) is 16.2 Å². The van der Waals surface area contributed by atoms with Crippen LogP contribution in [0.4, 0.5) is 9.52 Å². The number of ketones is 1.